The molecule has 2 N–H and O–H groups in total. The summed E-state index contributed by atoms with van der Waals surface area (Å²) in [5, 5.41) is 5.66. The van der Waals surface area contributed by atoms with Crippen molar-refractivity contribution in [3.8, 4) is 0 Å². The van der Waals surface area contributed by atoms with Crippen LogP contribution < -0.4 is 10.6 Å². The molecule has 2 fully saturated rings. The summed E-state index contributed by atoms with van der Waals surface area (Å²) in [4.78, 5) is 68.5. The first-order chi connectivity index (χ1) is 21.6. The molecule has 0 aliphatic heterocycles. The molecule has 0 spiro atoms. The topological polar surface area (TPSA) is 119 Å². The molecule has 0 aromatic carbocycles. The molecule has 2 saturated carbocycles. The van der Waals surface area contributed by atoms with Crippen LogP contribution in [-0.4, -0.2) is 93.2 Å². The quantitative estimate of drug-likeness (QED) is 0.175. The molecule has 0 bridgehead atoms. The van der Waals surface area contributed by atoms with Gasteiger partial charge in [0.25, 0.3) is 0 Å². The van der Waals surface area contributed by atoms with Crippen LogP contribution in [-0.2, 0) is 41.0 Å². The Morgan fingerprint density at radius 3 is 1.34 bits per heavy atom. The maximum atomic E-state index is 13.5. The summed E-state index contributed by atoms with van der Waals surface area (Å²) >= 11 is 0. The smallest absolute Gasteiger partial charge is 0.224 e. The standard InChI is InChI=1S/C31H57N5O5.C5H10.Fe/c1-20(15-21(2)29(39)34(5)6)27(37)32-19-33-28(38)26(17-23(4)31(41)36(9)10)18-25(24-13-11-12-14-24)16-22(3)30(40)35(7)8;1-2-4-5-3-1;/h20-26H,11-19H2,1-10H3,(H,32,37)(H,33,38);1-5H2;. The molecule has 2 aliphatic rings. The molecule has 11 heteroatoms. The maximum Gasteiger partial charge on any atom is 0.224 e. The van der Waals surface area contributed by atoms with Crippen LogP contribution >= 0.6 is 0 Å². The van der Waals surface area contributed by atoms with Crippen molar-refractivity contribution in [2.75, 3.05) is 49.0 Å². The second-order valence-electron chi connectivity index (χ2n) is 14.8. The van der Waals surface area contributed by atoms with Gasteiger partial charge in [-0.25, -0.2) is 0 Å². The number of nitrogens with zero attached hydrogens (tertiary/aromatic N) is 3. The van der Waals surface area contributed by atoms with E-state index in [4.69, 9.17) is 0 Å². The number of rotatable bonds is 16. The van der Waals surface area contributed by atoms with Crippen LogP contribution in [0.25, 0.3) is 0 Å². The molecule has 0 aromatic heterocycles. The van der Waals surface area contributed by atoms with Crippen LogP contribution in [0.2, 0.25) is 0 Å². The average Bonchev–Trinajstić information content (AvgIpc) is 3.76. The Labute approximate surface area is 296 Å². The van der Waals surface area contributed by atoms with Gasteiger partial charge in [0.05, 0.1) is 6.67 Å². The molecule has 2 rings (SSSR count). The predicted molar refractivity (Wildman–Crippen MR) is 184 cm³/mol. The number of hydrogen-bond acceptors (Lipinski definition) is 5. The zero-order valence-electron chi connectivity index (χ0n) is 31.2. The van der Waals surface area contributed by atoms with Crippen molar-refractivity contribution in [3.63, 3.8) is 0 Å². The van der Waals surface area contributed by atoms with Crippen molar-refractivity contribution in [2.24, 2.45) is 41.4 Å². The average molecular weight is 706 g/mol. The van der Waals surface area contributed by atoms with E-state index in [1.807, 2.05) is 20.8 Å². The summed E-state index contributed by atoms with van der Waals surface area (Å²) in [7, 11) is 10.4. The number of hydrogen-bond donors (Lipinski definition) is 2. The van der Waals surface area contributed by atoms with Gasteiger partial charge >= 0.3 is 0 Å². The van der Waals surface area contributed by atoms with Crippen molar-refractivity contribution < 1.29 is 41.0 Å². The van der Waals surface area contributed by atoms with E-state index in [0.717, 1.165) is 25.7 Å². The van der Waals surface area contributed by atoms with Gasteiger partial charge in [0.15, 0.2) is 0 Å². The number of carbonyl (C=O) groups is 5. The van der Waals surface area contributed by atoms with Gasteiger partial charge in [0.1, 0.15) is 0 Å². The SMILES string of the molecule is C1CCCC1.CC(CC(C)C(=O)N(C)C)C(=O)NCNC(=O)C(CC(C)C(=O)N(C)C)CC(CC(C)C(=O)N(C)C)C1CCCC1.[Fe]. The fourth-order valence-electron chi connectivity index (χ4n) is 7.15. The summed E-state index contributed by atoms with van der Waals surface area (Å²) in [5.74, 6) is -1.32. The molecule has 47 heavy (non-hydrogen) atoms. The van der Waals surface area contributed by atoms with Crippen LogP contribution in [0.3, 0.4) is 0 Å². The number of amides is 5. The minimum atomic E-state index is -0.423. The largest absolute Gasteiger partial charge is 0.349 e. The fraction of sp³-hybridized carbons (Fsp3) is 0.861. The first-order valence-electron chi connectivity index (χ1n) is 17.8. The molecule has 0 heterocycles. The van der Waals surface area contributed by atoms with Crippen LogP contribution in [0.5, 0.6) is 0 Å². The van der Waals surface area contributed by atoms with E-state index in [9.17, 15) is 24.0 Å². The Morgan fingerprint density at radius 2 is 0.915 bits per heavy atom. The molecular weight excluding hydrogens is 638 g/mol. The summed E-state index contributed by atoms with van der Waals surface area (Å²) in [6.45, 7) is 7.37. The molecule has 6 atom stereocenters. The van der Waals surface area contributed by atoms with Gasteiger partial charge in [0, 0.05) is 88.9 Å². The molecule has 5 amide bonds. The molecule has 0 radical (unpaired) electrons. The second kappa shape index (κ2) is 23.3. The van der Waals surface area contributed by atoms with Crippen LogP contribution in [0, 0.1) is 41.4 Å². The fourth-order valence-corrected chi connectivity index (χ4v) is 7.15. The van der Waals surface area contributed by atoms with Crippen molar-refractivity contribution in [1.82, 2.24) is 25.3 Å². The van der Waals surface area contributed by atoms with Crippen LogP contribution in [0.4, 0.5) is 0 Å². The Balaban J connectivity index is 0.00000320. The molecule has 6 unspecified atom stereocenters. The van der Waals surface area contributed by atoms with E-state index in [1.54, 1.807) is 59.0 Å². The zero-order valence-corrected chi connectivity index (χ0v) is 32.3. The third kappa shape index (κ3) is 16.7. The van der Waals surface area contributed by atoms with Gasteiger partial charge in [-0.3, -0.25) is 24.0 Å². The van der Waals surface area contributed by atoms with Crippen molar-refractivity contribution in [2.45, 2.75) is 111 Å². The van der Waals surface area contributed by atoms with E-state index in [2.05, 4.69) is 10.6 Å². The van der Waals surface area contributed by atoms with Crippen molar-refractivity contribution >= 4 is 29.5 Å². The molecule has 274 valence electrons. The van der Waals surface area contributed by atoms with Crippen molar-refractivity contribution in [3.05, 3.63) is 0 Å². The van der Waals surface area contributed by atoms with E-state index >= 15 is 0 Å². The van der Waals surface area contributed by atoms with Gasteiger partial charge in [-0.15, -0.1) is 0 Å². The molecule has 0 aromatic rings. The van der Waals surface area contributed by atoms with Gasteiger partial charge in [-0.1, -0.05) is 85.5 Å². The third-order valence-corrected chi connectivity index (χ3v) is 9.84. The Kier molecular flexibility index (Phi) is 22.2. The third-order valence-electron chi connectivity index (χ3n) is 9.84. The molecule has 0 saturated heterocycles. The predicted octanol–water partition coefficient (Wildman–Crippen LogP) is 4.92. The Hall–Kier alpha value is -2.13. The minimum Gasteiger partial charge on any atom is -0.349 e. The first kappa shape index (κ1) is 44.9. The second-order valence-corrected chi connectivity index (χ2v) is 14.8. The van der Waals surface area contributed by atoms with Gasteiger partial charge < -0.3 is 25.3 Å². The summed E-state index contributed by atoms with van der Waals surface area (Å²) in [6, 6.07) is 0. The number of carbonyl (C=O) groups excluding carboxylic acids is 5. The summed E-state index contributed by atoms with van der Waals surface area (Å²) in [6.07, 6.45) is 14.1. The van der Waals surface area contributed by atoms with Crippen LogP contribution in [0.1, 0.15) is 111 Å². The summed E-state index contributed by atoms with van der Waals surface area (Å²) in [5.41, 5.74) is 0. The Morgan fingerprint density at radius 1 is 0.532 bits per heavy atom. The van der Waals surface area contributed by atoms with E-state index in [1.165, 1.54) is 37.0 Å². The summed E-state index contributed by atoms with van der Waals surface area (Å²) < 4.78 is 0. The van der Waals surface area contributed by atoms with E-state index < -0.39 is 5.92 Å². The Bertz CT molecular complexity index is 958. The number of nitrogens with one attached hydrogen (secondary N) is 2. The van der Waals surface area contributed by atoms with Gasteiger partial charge in [-0.05, 0) is 37.5 Å². The monoisotopic (exact) mass is 705 g/mol. The minimum absolute atomic E-state index is 0. The van der Waals surface area contributed by atoms with E-state index in [0.29, 0.717) is 31.6 Å². The first-order valence-corrected chi connectivity index (χ1v) is 17.8. The van der Waals surface area contributed by atoms with Gasteiger partial charge in [-0.2, -0.15) is 0 Å². The molecular formula is C36H67FeN5O5. The normalized spacial score (nSPS) is 18.2. The zero-order chi connectivity index (χ0) is 35.0. The molecule has 10 nitrogen and oxygen atoms in total. The van der Waals surface area contributed by atoms with Crippen LogP contribution in [0.15, 0.2) is 0 Å². The molecule has 2 aliphatic carbocycles. The van der Waals surface area contributed by atoms with Gasteiger partial charge in [0.2, 0.25) is 29.5 Å². The van der Waals surface area contributed by atoms with Crippen molar-refractivity contribution in [1.29, 1.82) is 0 Å². The maximum absolute atomic E-state index is 13.5. The van der Waals surface area contributed by atoms with E-state index in [-0.39, 0.29) is 82.9 Å².